The second-order valence-electron chi connectivity index (χ2n) is 4.44. The Balaban J connectivity index is 2.24. The Morgan fingerprint density at radius 3 is 2.94 bits per heavy atom. The van der Waals surface area contributed by atoms with Crippen LogP contribution >= 0.6 is 11.3 Å². The number of fused-ring (bicyclic) bond motifs is 1. The van der Waals surface area contributed by atoms with Crippen molar-refractivity contribution in [3.63, 3.8) is 0 Å². The standard InChI is InChI=1S/C13H18N2OS/c1-9(2)11(8-16-3)15-13-10-5-7-17-12(10)4-6-14-13/h4-7,9,11H,8H2,1-3H3,(H,14,15). The first-order valence-corrected chi connectivity index (χ1v) is 6.68. The minimum absolute atomic E-state index is 0.290. The minimum atomic E-state index is 0.290. The van der Waals surface area contributed by atoms with Gasteiger partial charge >= 0.3 is 0 Å². The second kappa shape index (κ2) is 5.47. The van der Waals surface area contributed by atoms with Crippen LogP contribution in [0, 0.1) is 5.92 Å². The van der Waals surface area contributed by atoms with Crippen molar-refractivity contribution in [2.24, 2.45) is 5.92 Å². The monoisotopic (exact) mass is 250 g/mol. The smallest absolute Gasteiger partial charge is 0.134 e. The van der Waals surface area contributed by atoms with E-state index >= 15 is 0 Å². The van der Waals surface area contributed by atoms with E-state index in [1.165, 1.54) is 10.1 Å². The molecular weight excluding hydrogens is 232 g/mol. The highest BCUT2D eigenvalue weighted by molar-refractivity contribution is 7.17. The highest BCUT2D eigenvalue weighted by atomic mass is 32.1. The number of anilines is 1. The van der Waals surface area contributed by atoms with Gasteiger partial charge in [-0.25, -0.2) is 4.98 Å². The van der Waals surface area contributed by atoms with Crippen LogP contribution in [0.4, 0.5) is 5.82 Å². The van der Waals surface area contributed by atoms with Crippen molar-refractivity contribution in [2.45, 2.75) is 19.9 Å². The maximum absolute atomic E-state index is 5.24. The zero-order valence-corrected chi connectivity index (χ0v) is 11.3. The highest BCUT2D eigenvalue weighted by Crippen LogP contribution is 2.26. The molecule has 0 aliphatic rings. The summed E-state index contributed by atoms with van der Waals surface area (Å²) in [5, 5.41) is 6.77. The molecule has 0 aliphatic heterocycles. The van der Waals surface area contributed by atoms with Crippen LogP contribution < -0.4 is 5.32 Å². The van der Waals surface area contributed by atoms with E-state index in [1.807, 2.05) is 12.3 Å². The van der Waals surface area contributed by atoms with Gasteiger partial charge in [-0.2, -0.15) is 0 Å². The lowest BCUT2D eigenvalue weighted by molar-refractivity contribution is 0.171. The summed E-state index contributed by atoms with van der Waals surface area (Å²) in [6.07, 6.45) is 1.85. The average molecular weight is 250 g/mol. The summed E-state index contributed by atoms with van der Waals surface area (Å²) < 4.78 is 6.51. The molecule has 2 aromatic heterocycles. The first kappa shape index (κ1) is 12.3. The SMILES string of the molecule is COCC(Nc1nccc2sccc12)C(C)C. The molecule has 0 radical (unpaired) electrons. The van der Waals surface area contributed by atoms with Gasteiger partial charge in [-0.15, -0.1) is 11.3 Å². The number of ether oxygens (including phenoxy) is 1. The van der Waals surface area contributed by atoms with E-state index in [1.54, 1.807) is 18.4 Å². The number of thiophene rings is 1. The van der Waals surface area contributed by atoms with E-state index in [0.29, 0.717) is 12.5 Å². The molecule has 1 atom stereocenters. The van der Waals surface area contributed by atoms with Gasteiger partial charge < -0.3 is 10.1 Å². The van der Waals surface area contributed by atoms with Crippen LogP contribution in [0.25, 0.3) is 10.1 Å². The molecule has 2 rings (SSSR count). The number of methoxy groups -OCH3 is 1. The first-order valence-electron chi connectivity index (χ1n) is 5.80. The fourth-order valence-electron chi connectivity index (χ4n) is 1.77. The van der Waals surface area contributed by atoms with Gasteiger partial charge in [0.15, 0.2) is 0 Å². The van der Waals surface area contributed by atoms with Crippen molar-refractivity contribution in [1.29, 1.82) is 0 Å². The largest absolute Gasteiger partial charge is 0.383 e. The number of rotatable bonds is 5. The second-order valence-corrected chi connectivity index (χ2v) is 5.39. The van der Waals surface area contributed by atoms with Crippen molar-refractivity contribution in [3.8, 4) is 0 Å². The summed E-state index contributed by atoms with van der Waals surface area (Å²) in [6, 6.07) is 4.45. The molecule has 3 nitrogen and oxygen atoms in total. The van der Waals surface area contributed by atoms with Crippen molar-refractivity contribution in [1.82, 2.24) is 4.98 Å². The van der Waals surface area contributed by atoms with Gasteiger partial charge in [-0.05, 0) is 23.4 Å². The Morgan fingerprint density at radius 1 is 1.41 bits per heavy atom. The van der Waals surface area contributed by atoms with E-state index in [9.17, 15) is 0 Å². The number of aromatic nitrogens is 1. The summed E-state index contributed by atoms with van der Waals surface area (Å²) >= 11 is 1.74. The molecule has 0 aliphatic carbocycles. The molecule has 1 N–H and O–H groups in total. The Kier molecular flexibility index (Phi) is 3.97. The van der Waals surface area contributed by atoms with Crippen molar-refractivity contribution >= 4 is 27.2 Å². The molecule has 0 fully saturated rings. The quantitative estimate of drug-likeness (QED) is 0.883. The molecule has 17 heavy (non-hydrogen) atoms. The Hall–Kier alpha value is -1.13. The molecule has 0 saturated carbocycles. The Bertz CT molecular complexity index is 481. The first-order chi connectivity index (χ1) is 8.22. The lowest BCUT2D eigenvalue weighted by Crippen LogP contribution is -2.30. The van der Waals surface area contributed by atoms with Gasteiger partial charge in [0.25, 0.3) is 0 Å². The van der Waals surface area contributed by atoms with E-state index in [0.717, 1.165) is 5.82 Å². The highest BCUT2D eigenvalue weighted by Gasteiger charge is 2.14. The summed E-state index contributed by atoms with van der Waals surface area (Å²) in [5.74, 6) is 1.46. The summed E-state index contributed by atoms with van der Waals surface area (Å²) in [4.78, 5) is 4.42. The molecule has 4 heteroatoms. The number of pyridine rings is 1. The molecule has 92 valence electrons. The number of nitrogens with zero attached hydrogens (tertiary/aromatic N) is 1. The molecule has 2 heterocycles. The van der Waals surface area contributed by atoms with Crippen molar-refractivity contribution < 1.29 is 4.74 Å². The Labute approximate surface area is 106 Å². The van der Waals surface area contributed by atoms with Crippen LogP contribution in [0.5, 0.6) is 0 Å². The molecule has 0 bridgehead atoms. The predicted octanol–water partition coefficient (Wildman–Crippen LogP) is 3.38. The topological polar surface area (TPSA) is 34.1 Å². The van der Waals surface area contributed by atoms with E-state index in [2.05, 4.69) is 35.6 Å². The van der Waals surface area contributed by atoms with Crippen LogP contribution in [-0.4, -0.2) is 24.7 Å². The van der Waals surface area contributed by atoms with Crippen LogP contribution in [-0.2, 0) is 4.74 Å². The number of hydrogen-bond acceptors (Lipinski definition) is 4. The molecule has 0 aromatic carbocycles. The lowest BCUT2D eigenvalue weighted by Gasteiger charge is -2.22. The van der Waals surface area contributed by atoms with Crippen LogP contribution in [0.15, 0.2) is 23.7 Å². The predicted molar refractivity (Wildman–Crippen MR) is 73.7 cm³/mol. The van der Waals surface area contributed by atoms with Gasteiger partial charge in [0.2, 0.25) is 0 Å². The van der Waals surface area contributed by atoms with Crippen molar-refractivity contribution in [3.05, 3.63) is 23.7 Å². The van der Waals surface area contributed by atoms with Crippen LogP contribution in [0.1, 0.15) is 13.8 Å². The average Bonchev–Trinajstić information content (AvgIpc) is 2.77. The molecule has 0 saturated heterocycles. The maximum atomic E-state index is 5.24. The Morgan fingerprint density at radius 2 is 2.24 bits per heavy atom. The maximum Gasteiger partial charge on any atom is 0.134 e. The van der Waals surface area contributed by atoms with E-state index in [-0.39, 0.29) is 6.04 Å². The third-order valence-electron chi connectivity index (χ3n) is 2.85. The molecule has 0 spiro atoms. The third-order valence-corrected chi connectivity index (χ3v) is 3.74. The zero-order valence-electron chi connectivity index (χ0n) is 10.4. The summed E-state index contributed by atoms with van der Waals surface area (Å²) in [6.45, 7) is 5.06. The van der Waals surface area contributed by atoms with Gasteiger partial charge in [0.05, 0.1) is 12.6 Å². The van der Waals surface area contributed by atoms with E-state index < -0.39 is 0 Å². The molecule has 2 aromatic rings. The fourth-order valence-corrected chi connectivity index (χ4v) is 2.55. The molecule has 0 amide bonds. The van der Waals surface area contributed by atoms with Gasteiger partial charge in [-0.3, -0.25) is 0 Å². The minimum Gasteiger partial charge on any atom is -0.383 e. The molecular formula is C13H18N2OS. The summed E-state index contributed by atoms with van der Waals surface area (Å²) in [5.41, 5.74) is 0. The number of hydrogen-bond donors (Lipinski definition) is 1. The third kappa shape index (κ3) is 2.76. The van der Waals surface area contributed by atoms with Gasteiger partial charge in [-0.1, -0.05) is 13.8 Å². The van der Waals surface area contributed by atoms with Gasteiger partial charge in [0.1, 0.15) is 5.82 Å². The van der Waals surface area contributed by atoms with Crippen LogP contribution in [0.2, 0.25) is 0 Å². The van der Waals surface area contributed by atoms with E-state index in [4.69, 9.17) is 4.74 Å². The zero-order chi connectivity index (χ0) is 12.3. The summed E-state index contributed by atoms with van der Waals surface area (Å²) in [7, 11) is 1.73. The van der Waals surface area contributed by atoms with Gasteiger partial charge in [0, 0.05) is 23.4 Å². The normalized spacial score (nSPS) is 13.2. The fraction of sp³-hybridized carbons (Fsp3) is 0.462. The van der Waals surface area contributed by atoms with Crippen LogP contribution in [0.3, 0.4) is 0 Å². The molecule has 1 unspecified atom stereocenters. The number of nitrogens with one attached hydrogen (secondary N) is 1. The van der Waals surface area contributed by atoms with Crippen molar-refractivity contribution in [2.75, 3.05) is 19.0 Å². The lowest BCUT2D eigenvalue weighted by atomic mass is 10.1.